The minimum atomic E-state index is -4.48. The normalized spacial score (nSPS) is 12.4. The molecule has 0 bridgehead atoms. The number of nitrogens with one attached hydrogen (secondary N) is 1. The molecule has 1 aromatic carbocycles. The van der Waals surface area contributed by atoms with E-state index in [0.29, 0.717) is 0 Å². The van der Waals surface area contributed by atoms with Crippen LogP contribution in [0.4, 0.5) is 18.9 Å². The number of hydrogen-bond acceptors (Lipinski definition) is 5. The molecular weight excluding hydrogens is 375 g/mol. The Morgan fingerprint density at radius 2 is 1.81 bits per heavy atom. The quantitative estimate of drug-likeness (QED) is 0.846. The lowest BCUT2D eigenvalue weighted by Gasteiger charge is -2.16. The summed E-state index contributed by atoms with van der Waals surface area (Å²) in [5.41, 5.74) is -0.572. The van der Waals surface area contributed by atoms with Gasteiger partial charge in [0.15, 0.2) is 5.76 Å². The summed E-state index contributed by atoms with van der Waals surface area (Å²) in [4.78, 5) is 11.9. The maximum Gasteiger partial charge on any atom is 0.416 e. The molecular formula is C15H16F3N3O4S. The summed E-state index contributed by atoms with van der Waals surface area (Å²) >= 11 is 0. The number of rotatable bonds is 5. The Balaban J connectivity index is 2.08. The van der Waals surface area contributed by atoms with Crippen molar-refractivity contribution < 1.29 is 30.9 Å². The average Bonchev–Trinajstić information content (AvgIpc) is 2.86. The number of hydrogen-bond donors (Lipinski definition) is 1. The summed E-state index contributed by atoms with van der Waals surface area (Å²) in [6, 6.07) is 3.81. The van der Waals surface area contributed by atoms with E-state index >= 15 is 0 Å². The highest BCUT2D eigenvalue weighted by molar-refractivity contribution is 7.89. The highest BCUT2D eigenvalue weighted by Crippen LogP contribution is 2.29. The van der Waals surface area contributed by atoms with E-state index in [4.69, 9.17) is 4.52 Å². The Labute approximate surface area is 147 Å². The maximum absolute atomic E-state index is 12.5. The van der Waals surface area contributed by atoms with Crippen molar-refractivity contribution in [1.29, 1.82) is 0 Å². The SMILES string of the molecule is Cc1noc(C)c1S(=O)(=O)N(C)CC(=O)Nc1ccc(C(F)(F)F)cc1. The molecule has 2 aromatic rings. The number of nitrogens with zero attached hydrogens (tertiary/aromatic N) is 2. The second-order valence-electron chi connectivity index (χ2n) is 5.54. The van der Waals surface area contributed by atoms with Gasteiger partial charge in [-0.15, -0.1) is 0 Å². The summed E-state index contributed by atoms with van der Waals surface area (Å²) in [7, 11) is -2.80. The lowest BCUT2D eigenvalue weighted by atomic mass is 10.2. The molecule has 0 spiro atoms. The average molecular weight is 391 g/mol. The van der Waals surface area contributed by atoms with E-state index in [1.54, 1.807) is 0 Å². The van der Waals surface area contributed by atoms with E-state index in [-0.39, 0.29) is 22.0 Å². The molecule has 0 radical (unpaired) electrons. The highest BCUT2D eigenvalue weighted by Gasteiger charge is 2.31. The summed E-state index contributed by atoms with van der Waals surface area (Å²) < 4.78 is 68.2. The Hall–Kier alpha value is -2.40. The van der Waals surface area contributed by atoms with Crippen LogP contribution in [-0.4, -0.2) is 37.4 Å². The van der Waals surface area contributed by atoms with Crippen molar-refractivity contribution in [2.24, 2.45) is 0 Å². The molecule has 1 amide bonds. The zero-order valence-electron chi connectivity index (χ0n) is 14.1. The highest BCUT2D eigenvalue weighted by atomic mass is 32.2. The van der Waals surface area contributed by atoms with Crippen LogP contribution >= 0.6 is 0 Å². The van der Waals surface area contributed by atoms with Gasteiger partial charge in [-0.3, -0.25) is 4.79 Å². The Morgan fingerprint density at radius 1 is 1.23 bits per heavy atom. The summed E-state index contributed by atoms with van der Waals surface area (Å²) in [6.07, 6.45) is -4.48. The predicted molar refractivity (Wildman–Crippen MR) is 85.9 cm³/mol. The first-order valence-electron chi connectivity index (χ1n) is 7.29. The van der Waals surface area contributed by atoms with E-state index in [2.05, 4.69) is 10.5 Å². The van der Waals surface area contributed by atoms with Gasteiger partial charge in [0.2, 0.25) is 15.9 Å². The molecule has 0 fully saturated rings. The van der Waals surface area contributed by atoms with Crippen LogP contribution in [-0.2, 0) is 21.0 Å². The number of anilines is 1. The van der Waals surface area contributed by atoms with Gasteiger partial charge in [0.1, 0.15) is 10.6 Å². The van der Waals surface area contributed by atoms with Crippen LogP contribution in [0.5, 0.6) is 0 Å². The molecule has 0 aliphatic carbocycles. The van der Waals surface area contributed by atoms with E-state index in [9.17, 15) is 26.4 Å². The van der Waals surface area contributed by atoms with Crippen LogP contribution in [0.3, 0.4) is 0 Å². The van der Waals surface area contributed by atoms with Crippen molar-refractivity contribution >= 4 is 21.6 Å². The molecule has 0 saturated carbocycles. The summed E-state index contributed by atoms with van der Waals surface area (Å²) in [5.74, 6) is -0.611. The van der Waals surface area contributed by atoms with Crippen molar-refractivity contribution in [3.8, 4) is 0 Å². The standard InChI is InChI=1S/C15H16F3N3O4S/c1-9-14(10(2)25-20-9)26(23,24)21(3)8-13(22)19-12-6-4-11(5-7-12)15(16,17)18/h4-7H,8H2,1-3H3,(H,19,22). The number of carbonyl (C=O) groups excluding carboxylic acids is 1. The fourth-order valence-electron chi connectivity index (χ4n) is 2.23. The van der Waals surface area contributed by atoms with Gasteiger partial charge in [0, 0.05) is 12.7 Å². The van der Waals surface area contributed by atoms with Gasteiger partial charge >= 0.3 is 6.18 Å². The van der Waals surface area contributed by atoms with Crippen molar-refractivity contribution in [1.82, 2.24) is 9.46 Å². The Bertz CT molecular complexity index is 886. The van der Waals surface area contributed by atoms with Gasteiger partial charge in [0.05, 0.1) is 12.1 Å². The van der Waals surface area contributed by atoms with Crippen LogP contribution in [0.25, 0.3) is 0 Å². The lowest BCUT2D eigenvalue weighted by Crippen LogP contribution is -2.35. The fourth-order valence-corrected chi connectivity index (χ4v) is 3.64. The molecule has 7 nitrogen and oxygen atoms in total. The van der Waals surface area contributed by atoms with Crippen molar-refractivity contribution in [2.45, 2.75) is 24.9 Å². The third-order valence-electron chi connectivity index (χ3n) is 3.50. The predicted octanol–water partition coefficient (Wildman–Crippen LogP) is 2.57. The van der Waals surface area contributed by atoms with E-state index in [1.807, 2.05) is 0 Å². The molecule has 2 rings (SSSR count). The summed E-state index contributed by atoms with van der Waals surface area (Å²) in [5, 5.41) is 5.91. The van der Waals surface area contributed by atoms with Crippen molar-refractivity contribution in [3.05, 3.63) is 41.3 Å². The first kappa shape index (κ1) is 19.9. The molecule has 11 heteroatoms. The molecule has 0 aliphatic heterocycles. The maximum atomic E-state index is 12.5. The number of aryl methyl sites for hydroxylation is 2. The number of likely N-dealkylation sites (N-methyl/N-ethyl adjacent to an activating group) is 1. The first-order chi connectivity index (χ1) is 11.9. The fraction of sp³-hybridized carbons (Fsp3) is 0.333. The topological polar surface area (TPSA) is 92.5 Å². The van der Waals surface area contributed by atoms with Gasteiger partial charge in [-0.2, -0.15) is 17.5 Å². The third-order valence-corrected chi connectivity index (χ3v) is 5.55. The molecule has 1 N–H and O–H groups in total. The van der Waals surface area contributed by atoms with Gasteiger partial charge in [-0.05, 0) is 38.1 Å². The first-order valence-corrected chi connectivity index (χ1v) is 8.73. The van der Waals surface area contributed by atoms with Gasteiger partial charge in [0.25, 0.3) is 0 Å². The zero-order chi connectivity index (χ0) is 19.7. The van der Waals surface area contributed by atoms with Crippen LogP contribution < -0.4 is 5.32 Å². The van der Waals surface area contributed by atoms with Crippen LogP contribution in [0.2, 0.25) is 0 Å². The molecule has 0 unspecified atom stereocenters. The molecule has 1 heterocycles. The minimum absolute atomic E-state index is 0.0949. The molecule has 0 aliphatic rings. The molecule has 26 heavy (non-hydrogen) atoms. The Morgan fingerprint density at radius 3 is 2.27 bits per heavy atom. The van der Waals surface area contributed by atoms with E-state index < -0.39 is 34.2 Å². The minimum Gasteiger partial charge on any atom is -0.360 e. The van der Waals surface area contributed by atoms with Gasteiger partial charge in [-0.25, -0.2) is 8.42 Å². The number of halogens is 3. The monoisotopic (exact) mass is 391 g/mol. The van der Waals surface area contributed by atoms with E-state index in [0.717, 1.165) is 28.6 Å². The number of alkyl halides is 3. The number of aromatic nitrogens is 1. The second-order valence-corrected chi connectivity index (χ2v) is 7.52. The van der Waals surface area contributed by atoms with E-state index in [1.165, 1.54) is 20.9 Å². The molecule has 0 atom stereocenters. The second kappa shape index (κ2) is 7.08. The number of sulfonamides is 1. The van der Waals surface area contributed by atoms with Crippen LogP contribution in [0.1, 0.15) is 17.0 Å². The largest absolute Gasteiger partial charge is 0.416 e. The molecule has 1 aromatic heterocycles. The van der Waals surface area contributed by atoms with Gasteiger partial charge < -0.3 is 9.84 Å². The summed E-state index contributed by atoms with van der Waals surface area (Å²) in [6.45, 7) is 2.36. The van der Waals surface area contributed by atoms with Crippen LogP contribution in [0, 0.1) is 13.8 Å². The lowest BCUT2D eigenvalue weighted by molar-refractivity contribution is -0.137. The number of amides is 1. The van der Waals surface area contributed by atoms with Crippen LogP contribution in [0.15, 0.2) is 33.7 Å². The third kappa shape index (κ3) is 4.22. The smallest absolute Gasteiger partial charge is 0.360 e. The van der Waals surface area contributed by atoms with Gasteiger partial charge in [-0.1, -0.05) is 5.16 Å². The van der Waals surface area contributed by atoms with Crippen molar-refractivity contribution in [3.63, 3.8) is 0 Å². The Kier molecular flexibility index (Phi) is 5.42. The molecule has 142 valence electrons. The molecule has 0 saturated heterocycles. The number of benzene rings is 1. The number of carbonyl (C=O) groups is 1. The zero-order valence-corrected chi connectivity index (χ0v) is 14.9. The van der Waals surface area contributed by atoms with Crippen molar-refractivity contribution in [2.75, 3.05) is 18.9 Å².